The summed E-state index contributed by atoms with van der Waals surface area (Å²) < 4.78 is 0. The Morgan fingerprint density at radius 2 is 0.306 bits per heavy atom. The first-order valence-electron chi connectivity index (χ1n) is 17.9. The zero-order chi connectivity index (χ0) is 22.9. The summed E-state index contributed by atoms with van der Waals surface area (Å²) in [4.78, 5) is 0. The fourth-order valence-electron chi connectivity index (χ4n) is 15.1. The second kappa shape index (κ2) is 7.00. The van der Waals surface area contributed by atoms with E-state index in [0.717, 1.165) is 0 Å². The van der Waals surface area contributed by atoms with Gasteiger partial charge in [0, 0.05) is 0 Å². The molecule has 0 amide bonds. The Balaban J connectivity index is 0.0000000758. The van der Waals surface area contributed by atoms with Gasteiger partial charge in [-0.25, -0.2) is 0 Å². The van der Waals surface area contributed by atoms with Gasteiger partial charge in [-0.3, -0.25) is 0 Å². The minimum atomic E-state index is 1.27. The van der Waals surface area contributed by atoms with Gasteiger partial charge in [-0.2, -0.15) is 0 Å². The fraction of sp³-hybridized carbons (Fsp3) is 1.00. The van der Waals surface area contributed by atoms with Crippen LogP contribution in [0, 0.1) is 118 Å². The van der Waals surface area contributed by atoms with Gasteiger partial charge < -0.3 is 0 Å². The average Bonchev–Trinajstić information content (AvgIpc) is 2.70. The largest absolute Gasteiger partial charge is 0.0533 e. The summed E-state index contributed by atoms with van der Waals surface area (Å²) in [5, 5.41) is 0. The lowest BCUT2D eigenvalue weighted by atomic mass is 9.17. The van der Waals surface area contributed by atoms with Crippen molar-refractivity contribution in [1.82, 2.24) is 0 Å². The lowest BCUT2D eigenvalue weighted by Gasteiger charge is -2.88. The highest BCUT2D eigenvalue weighted by molar-refractivity contribution is 5.31. The van der Waals surface area contributed by atoms with Crippen LogP contribution in [0.4, 0.5) is 0 Å². The normalized spacial score (nSPS) is 70.7. The van der Waals surface area contributed by atoms with Crippen LogP contribution in [-0.4, -0.2) is 0 Å². The van der Waals surface area contributed by atoms with Crippen molar-refractivity contribution < 1.29 is 0 Å². The molecule has 0 heteroatoms. The van der Waals surface area contributed by atoms with E-state index in [4.69, 9.17) is 0 Å². The molecule has 14 aliphatic carbocycles. The highest BCUT2D eigenvalue weighted by Crippen LogP contribution is 2.88. The Morgan fingerprint density at radius 1 is 0.167 bits per heavy atom. The van der Waals surface area contributed by atoms with Gasteiger partial charge in [-0.1, -0.05) is 51.4 Å². The maximum absolute atomic E-state index is 1.63. The van der Waals surface area contributed by atoms with E-state index < -0.39 is 0 Å². The van der Waals surface area contributed by atoms with Crippen molar-refractivity contribution in [3.8, 4) is 0 Å². The minimum Gasteiger partial charge on any atom is -0.0533 e. The average molecular weight is 485 g/mol. The third-order valence-electron chi connectivity index (χ3n) is 17.7. The third-order valence-corrected chi connectivity index (χ3v) is 17.7. The van der Waals surface area contributed by atoms with E-state index in [-0.39, 0.29) is 0 Å². The second-order valence-electron chi connectivity index (χ2n) is 17.4. The van der Waals surface area contributed by atoms with Crippen molar-refractivity contribution >= 4 is 0 Å². The molecule has 0 bridgehead atoms. The van der Waals surface area contributed by atoms with Gasteiger partial charge in [0.1, 0.15) is 0 Å². The topological polar surface area (TPSA) is 0 Å². The van der Waals surface area contributed by atoms with Crippen LogP contribution in [0.15, 0.2) is 0 Å². The number of fused-ring (bicyclic) bond motifs is 26. The van der Waals surface area contributed by atoms with Crippen molar-refractivity contribution in [2.45, 2.75) is 103 Å². The summed E-state index contributed by atoms with van der Waals surface area (Å²) in [5.74, 6) is 25.7. The molecule has 0 nitrogen and oxygen atoms in total. The zero-order valence-corrected chi connectivity index (χ0v) is 22.9. The molecule has 14 saturated carbocycles. The molecule has 0 N–H and O–H groups in total. The van der Waals surface area contributed by atoms with Gasteiger partial charge >= 0.3 is 0 Å². The minimum absolute atomic E-state index is 1.27. The monoisotopic (exact) mass is 484 g/mol. The molecule has 14 aliphatic rings. The van der Waals surface area contributed by atoms with Crippen molar-refractivity contribution in [1.29, 1.82) is 0 Å². The maximum Gasteiger partial charge on any atom is -0.0312 e. The molecular formula is C36H52. The van der Waals surface area contributed by atoms with E-state index in [2.05, 4.69) is 0 Å². The molecule has 0 radical (unpaired) electrons. The predicted octanol–water partition coefficient (Wildman–Crippen LogP) is 8.70. The zero-order valence-electron chi connectivity index (χ0n) is 22.9. The molecule has 0 spiro atoms. The highest BCUT2D eigenvalue weighted by Gasteiger charge is 2.84. The van der Waals surface area contributed by atoms with Crippen LogP contribution in [0.2, 0.25) is 0 Å². The SMILES string of the molecule is C1CCC1.C1CCC1.C1C[C@H]2[C@@H]1[C@H]1C3C([C@@H]4[C@@H]5CC[C@@H]5[C@H]34)[C@@H]21.C1C[C@H]2[C@@H]1[C@H]1C3C([C@@H]4[C@@H]5CC[C@@H]5[C@H]34)[C@@H]21. The molecule has 0 aromatic carbocycles. The first-order chi connectivity index (χ1) is 17.9. The van der Waals surface area contributed by atoms with Crippen LogP contribution in [0.5, 0.6) is 0 Å². The van der Waals surface area contributed by atoms with E-state index >= 15 is 0 Å². The molecule has 0 aliphatic heterocycles. The van der Waals surface area contributed by atoms with Gasteiger partial charge in [-0.05, 0) is 170 Å². The molecule has 0 aromatic heterocycles. The molecule has 196 valence electrons. The van der Waals surface area contributed by atoms with E-state index in [1.165, 1.54) is 170 Å². The van der Waals surface area contributed by atoms with Gasteiger partial charge in [0.05, 0.1) is 0 Å². The van der Waals surface area contributed by atoms with Crippen LogP contribution in [0.1, 0.15) is 103 Å². The van der Waals surface area contributed by atoms with Crippen LogP contribution in [0.3, 0.4) is 0 Å². The summed E-state index contributed by atoms with van der Waals surface area (Å²) >= 11 is 0. The fourth-order valence-corrected chi connectivity index (χ4v) is 15.1. The number of rotatable bonds is 0. The Hall–Kier alpha value is 0. The summed E-state index contributed by atoms with van der Waals surface area (Å²) in [6, 6.07) is 0. The quantitative estimate of drug-likeness (QED) is 0.302. The van der Waals surface area contributed by atoms with E-state index in [1.54, 1.807) is 51.4 Å². The number of hydrogen-bond acceptors (Lipinski definition) is 0. The number of hydrogen-bond donors (Lipinski definition) is 0. The van der Waals surface area contributed by atoms with Crippen LogP contribution in [0.25, 0.3) is 0 Å². The first kappa shape index (κ1) is 20.8. The summed E-state index contributed by atoms with van der Waals surface area (Å²) in [6.45, 7) is 0. The molecule has 0 aromatic rings. The summed E-state index contributed by atoms with van der Waals surface area (Å²) in [5.41, 5.74) is 0. The van der Waals surface area contributed by atoms with Crippen molar-refractivity contribution in [3.63, 3.8) is 0 Å². The van der Waals surface area contributed by atoms with Crippen LogP contribution in [-0.2, 0) is 0 Å². The molecule has 14 rings (SSSR count). The Bertz CT molecular complexity index is 726. The predicted molar refractivity (Wildman–Crippen MR) is 144 cm³/mol. The van der Waals surface area contributed by atoms with Gasteiger partial charge in [0.15, 0.2) is 0 Å². The van der Waals surface area contributed by atoms with E-state index in [1.807, 2.05) is 0 Å². The Kier molecular flexibility index (Phi) is 4.06. The summed E-state index contributed by atoms with van der Waals surface area (Å²) in [7, 11) is 0. The molecule has 20 atom stereocenters. The molecule has 36 heavy (non-hydrogen) atoms. The lowest BCUT2D eigenvalue weighted by Crippen LogP contribution is -2.84. The Labute approximate surface area is 220 Å². The van der Waals surface area contributed by atoms with Gasteiger partial charge in [0.25, 0.3) is 0 Å². The molecule has 14 fully saturated rings. The molecule has 4 unspecified atom stereocenters. The first-order valence-corrected chi connectivity index (χ1v) is 17.9. The summed E-state index contributed by atoms with van der Waals surface area (Å²) in [6.07, 6.45) is 25.0. The van der Waals surface area contributed by atoms with Crippen molar-refractivity contribution in [2.75, 3.05) is 0 Å². The van der Waals surface area contributed by atoms with Crippen molar-refractivity contribution in [3.05, 3.63) is 0 Å². The Morgan fingerprint density at radius 3 is 0.389 bits per heavy atom. The van der Waals surface area contributed by atoms with Crippen molar-refractivity contribution in [2.24, 2.45) is 118 Å². The lowest BCUT2D eigenvalue weighted by molar-refractivity contribution is -0.408. The molecular weight excluding hydrogens is 432 g/mol. The van der Waals surface area contributed by atoms with Gasteiger partial charge in [-0.15, -0.1) is 0 Å². The molecule has 0 saturated heterocycles. The molecule has 0 heterocycles. The van der Waals surface area contributed by atoms with Crippen LogP contribution < -0.4 is 0 Å². The standard InChI is InChI=1S/2C14H18.2C4H8/c2*1-2-6-5(1)9-10(6)14-12-8-4-3-7(8)11(12)13(9)14;2*1-2-4-3-1/h2*5-14H,1-4H2;2*1-4H2/t2*5-,6+,7+,8-,9-,10+,11+,12-,13?,14?;;. The smallest absolute Gasteiger partial charge is 0.0312 e. The van der Waals surface area contributed by atoms with E-state index in [0.29, 0.717) is 0 Å². The van der Waals surface area contributed by atoms with E-state index in [9.17, 15) is 0 Å². The maximum atomic E-state index is 1.63. The third kappa shape index (κ3) is 2.12. The van der Waals surface area contributed by atoms with Crippen LogP contribution >= 0.6 is 0 Å². The highest BCUT2D eigenvalue weighted by atomic mass is 14.9. The second-order valence-corrected chi connectivity index (χ2v) is 17.4. The van der Waals surface area contributed by atoms with Gasteiger partial charge in [0.2, 0.25) is 0 Å².